The molecule has 2 aliphatic rings. The minimum atomic E-state index is -1.06. The van der Waals surface area contributed by atoms with E-state index in [0.717, 1.165) is 12.0 Å². The molecule has 1 heterocycles. The van der Waals surface area contributed by atoms with Crippen LogP contribution in [0.2, 0.25) is 5.82 Å². The fraction of sp³-hybridized carbons (Fsp3) is 0.385. The highest BCUT2D eigenvalue weighted by molar-refractivity contribution is 7.99. The third kappa shape index (κ3) is 2.73. The fourth-order valence-corrected chi connectivity index (χ4v) is 3.64. The van der Waals surface area contributed by atoms with Crippen molar-refractivity contribution in [2.75, 3.05) is 12.3 Å². The smallest absolute Gasteiger partial charge is 0.526 e. The van der Waals surface area contributed by atoms with Gasteiger partial charge in [0.2, 0.25) is 0 Å². The topological polar surface area (TPSA) is 131 Å². The van der Waals surface area contributed by atoms with Gasteiger partial charge < -0.3 is 26.3 Å². The van der Waals surface area contributed by atoms with Crippen molar-refractivity contribution in [3.8, 4) is 5.75 Å². The van der Waals surface area contributed by atoms with Crippen molar-refractivity contribution in [1.29, 1.82) is 0 Å². The first-order valence-electron chi connectivity index (χ1n) is 6.92. The number of nitrogens with two attached hydrogens (primary N) is 2. The lowest BCUT2D eigenvalue weighted by molar-refractivity contribution is 0.0690. The van der Waals surface area contributed by atoms with E-state index < -0.39 is 13.1 Å². The molecule has 0 bridgehead atoms. The van der Waals surface area contributed by atoms with Crippen LogP contribution in [0.1, 0.15) is 28.3 Å². The molecule has 1 saturated carbocycles. The highest BCUT2D eigenvalue weighted by atomic mass is 32.2. The summed E-state index contributed by atoms with van der Waals surface area (Å²) in [6.07, 6.45) is 0.838. The Kier molecular flexibility index (Phi) is 3.92. The number of thioether (sulfide) groups is 1. The minimum absolute atomic E-state index is 0.00994. The summed E-state index contributed by atoms with van der Waals surface area (Å²) in [6, 6.07) is 3.68. The lowest BCUT2D eigenvalue weighted by atomic mass is 9.77. The van der Waals surface area contributed by atoms with Gasteiger partial charge in [0.25, 0.3) is 0 Å². The first-order chi connectivity index (χ1) is 10.5. The molecule has 1 aromatic rings. The van der Waals surface area contributed by atoms with E-state index in [9.17, 15) is 14.9 Å². The molecular weight excluding hydrogens is 305 g/mol. The molecule has 2 unspecified atom stereocenters. The molecule has 116 valence electrons. The number of hydrogen-bond donors (Lipinski definition) is 4. The van der Waals surface area contributed by atoms with Crippen LogP contribution in [0.25, 0.3) is 0 Å². The highest BCUT2D eigenvalue weighted by Crippen LogP contribution is 2.60. The van der Waals surface area contributed by atoms with E-state index in [4.69, 9.17) is 16.1 Å². The van der Waals surface area contributed by atoms with Gasteiger partial charge in [-0.2, -0.15) is 0 Å². The average molecular weight is 321 g/mol. The van der Waals surface area contributed by atoms with Gasteiger partial charge in [-0.25, -0.2) is 4.79 Å². The number of carboxylic acids is 1. The van der Waals surface area contributed by atoms with Crippen molar-refractivity contribution in [3.05, 3.63) is 23.3 Å². The largest absolute Gasteiger partial charge is 0.535 e. The van der Waals surface area contributed by atoms with Crippen molar-refractivity contribution < 1.29 is 19.6 Å². The van der Waals surface area contributed by atoms with Gasteiger partial charge in [-0.3, -0.25) is 4.99 Å². The van der Waals surface area contributed by atoms with Crippen molar-refractivity contribution in [2.45, 2.75) is 23.1 Å². The molecule has 0 saturated heterocycles. The maximum Gasteiger partial charge on any atom is 0.526 e. The predicted molar refractivity (Wildman–Crippen MR) is 84.5 cm³/mol. The molecule has 1 aliphatic heterocycles. The number of fused-ring (bicyclic) bond motifs is 3. The van der Waals surface area contributed by atoms with E-state index in [1.54, 1.807) is 6.07 Å². The van der Waals surface area contributed by atoms with E-state index >= 15 is 0 Å². The molecule has 3 rings (SSSR count). The molecule has 0 aromatic heterocycles. The van der Waals surface area contributed by atoms with E-state index in [2.05, 4.69) is 4.99 Å². The normalized spacial score (nSPS) is 21.4. The zero-order valence-corrected chi connectivity index (χ0v) is 12.5. The fourth-order valence-electron chi connectivity index (χ4n) is 2.75. The molecule has 0 spiro atoms. The first-order valence-corrected chi connectivity index (χ1v) is 7.90. The summed E-state index contributed by atoms with van der Waals surface area (Å²) in [5, 5.41) is 19.4. The number of nitrogens with zero attached hydrogens (tertiary/aromatic N) is 1. The summed E-state index contributed by atoms with van der Waals surface area (Å²) in [4.78, 5) is 16.1. The zero-order valence-electron chi connectivity index (χ0n) is 11.7. The number of carboxylic acid groups (broad SMARTS) is 1. The summed E-state index contributed by atoms with van der Waals surface area (Å²) in [5.74, 6) is 0.0897. The Bertz CT molecular complexity index is 650. The summed E-state index contributed by atoms with van der Waals surface area (Å²) in [6.45, 7) is 0.400. The molecular formula is C13H16BN3O4S. The van der Waals surface area contributed by atoms with Gasteiger partial charge in [-0.05, 0) is 24.0 Å². The maximum absolute atomic E-state index is 11.6. The second kappa shape index (κ2) is 5.73. The van der Waals surface area contributed by atoms with Crippen molar-refractivity contribution in [3.63, 3.8) is 0 Å². The Balaban J connectivity index is 1.86. The van der Waals surface area contributed by atoms with Gasteiger partial charge in [0.1, 0.15) is 11.3 Å². The molecule has 1 aliphatic carbocycles. The summed E-state index contributed by atoms with van der Waals surface area (Å²) in [7, 11) is -0.919. The Labute approximate surface area is 131 Å². The van der Waals surface area contributed by atoms with Crippen LogP contribution in [0.3, 0.4) is 0 Å². The molecule has 1 fully saturated rings. The van der Waals surface area contributed by atoms with Crippen LogP contribution >= 0.6 is 11.8 Å². The average Bonchev–Trinajstić information content (AvgIpc) is 3.23. The zero-order chi connectivity index (χ0) is 15.9. The molecule has 7 nitrogen and oxygen atoms in total. The monoisotopic (exact) mass is 321 g/mol. The molecule has 1 aromatic carbocycles. The van der Waals surface area contributed by atoms with E-state index in [0.29, 0.717) is 22.9 Å². The third-order valence-electron chi connectivity index (χ3n) is 3.85. The van der Waals surface area contributed by atoms with E-state index in [1.165, 1.54) is 11.8 Å². The summed E-state index contributed by atoms with van der Waals surface area (Å²) >= 11 is 1.35. The minimum Gasteiger partial charge on any atom is -0.535 e. The van der Waals surface area contributed by atoms with Gasteiger partial charge in [0.05, 0.1) is 6.54 Å². The number of aliphatic imine (C=N–C) groups is 1. The van der Waals surface area contributed by atoms with Gasteiger partial charge >= 0.3 is 13.1 Å². The standard InChI is InChI=1S/C13H16BN3O4S/c15-13(16)17-3-4-22-9-2-1-6-7-5-8(7)14(20)21-11(6)10(9)12(18)19/h1-2,7-8,20H,3-5H2,(H,18,19)(H4,15,16,17). The Morgan fingerprint density at radius 2 is 2.27 bits per heavy atom. The van der Waals surface area contributed by atoms with Gasteiger partial charge in [-0.1, -0.05) is 6.07 Å². The lowest BCUT2D eigenvalue weighted by Crippen LogP contribution is -2.27. The van der Waals surface area contributed by atoms with Gasteiger partial charge in [-0.15, -0.1) is 11.8 Å². The van der Waals surface area contributed by atoms with Crippen LogP contribution in [0.4, 0.5) is 0 Å². The second-order valence-corrected chi connectivity index (χ2v) is 6.47. The summed E-state index contributed by atoms with van der Waals surface area (Å²) < 4.78 is 5.46. The van der Waals surface area contributed by atoms with Gasteiger partial charge in [0.15, 0.2) is 5.96 Å². The van der Waals surface area contributed by atoms with Crippen molar-refractivity contribution in [2.24, 2.45) is 16.5 Å². The maximum atomic E-state index is 11.6. The number of aromatic carboxylic acids is 1. The number of guanidine groups is 1. The molecule has 22 heavy (non-hydrogen) atoms. The number of carbonyl (C=O) groups is 1. The molecule has 2 atom stereocenters. The number of hydrogen-bond acceptors (Lipinski definition) is 5. The van der Waals surface area contributed by atoms with Crippen LogP contribution in [0.5, 0.6) is 5.75 Å². The van der Waals surface area contributed by atoms with Crippen LogP contribution in [-0.4, -0.2) is 41.5 Å². The van der Waals surface area contributed by atoms with Gasteiger partial charge in [0, 0.05) is 16.5 Å². The third-order valence-corrected chi connectivity index (χ3v) is 4.89. The van der Waals surface area contributed by atoms with Crippen molar-refractivity contribution >= 4 is 30.8 Å². The quantitative estimate of drug-likeness (QED) is 0.204. The predicted octanol–water partition coefficient (Wildman–Crippen LogP) is 0.481. The highest BCUT2D eigenvalue weighted by Gasteiger charge is 2.54. The van der Waals surface area contributed by atoms with Crippen LogP contribution < -0.4 is 16.1 Å². The number of rotatable bonds is 5. The van der Waals surface area contributed by atoms with Crippen molar-refractivity contribution in [1.82, 2.24) is 0 Å². The van der Waals surface area contributed by atoms with Crippen LogP contribution in [0, 0.1) is 0 Å². The van der Waals surface area contributed by atoms with Crippen LogP contribution in [0.15, 0.2) is 22.0 Å². The van der Waals surface area contributed by atoms with E-state index in [1.807, 2.05) is 6.07 Å². The number of benzene rings is 1. The second-order valence-electron chi connectivity index (χ2n) is 5.33. The SMILES string of the molecule is NC(N)=NCCSc1ccc2c(c1C(=O)O)OB(O)C1CC21. The molecule has 0 radical (unpaired) electrons. The molecule has 6 N–H and O–H groups in total. The van der Waals surface area contributed by atoms with Crippen LogP contribution in [-0.2, 0) is 0 Å². The Hall–Kier alpha value is -1.87. The van der Waals surface area contributed by atoms with E-state index in [-0.39, 0.29) is 23.3 Å². The Morgan fingerprint density at radius 3 is 2.95 bits per heavy atom. The first kappa shape index (κ1) is 15.0. The lowest BCUT2D eigenvalue weighted by Gasteiger charge is -2.22. The molecule has 0 amide bonds. The Morgan fingerprint density at radius 1 is 1.50 bits per heavy atom. The molecule has 9 heteroatoms. The summed E-state index contributed by atoms with van der Waals surface area (Å²) in [5.41, 5.74) is 11.5.